The number of anilines is 1. The highest BCUT2D eigenvalue weighted by atomic mass is 32.2. The van der Waals surface area contributed by atoms with Crippen LogP contribution in [0.25, 0.3) is 0 Å². The van der Waals surface area contributed by atoms with E-state index in [-0.39, 0.29) is 5.97 Å². The Hall–Kier alpha value is -2.08. The first-order valence-corrected chi connectivity index (χ1v) is 8.26. The molecule has 1 aromatic heterocycles. The highest BCUT2D eigenvalue weighted by molar-refractivity contribution is 7.98. The minimum Gasteiger partial charge on any atom is -0.465 e. The van der Waals surface area contributed by atoms with Gasteiger partial charge in [-0.3, -0.25) is 0 Å². The first-order chi connectivity index (χ1) is 10.7. The predicted octanol–water partition coefficient (Wildman–Crippen LogP) is 2.55. The van der Waals surface area contributed by atoms with Gasteiger partial charge in [0.05, 0.1) is 18.4 Å². The predicted molar refractivity (Wildman–Crippen MR) is 86.3 cm³/mol. The van der Waals surface area contributed by atoms with E-state index >= 15 is 0 Å². The Morgan fingerprint density at radius 2 is 2.27 bits per heavy atom. The zero-order valence-corrected chi connectivity index (χ0v) is 13.4. The number of hydrogen-bond acceptors (Lipinski definition) is 6. The van der Waals surface area contributed by atoms with E-state index in [1.54, 1.807) is 17.8 Å². The molecule has 22 heavy (non-hydrogen) atoms. The Labute approximate surface area is 133 Å². The van der Waals surface area contributed by atoms with Crippen molar-refractivity contribution in [2.75, 3.05) is 24.8 Å². The molecule has 6 heteroatoms. The van der Waals surface area contributed by atoms with Crippen LogP contribution in [0.3, 0.4) is 0 Å². The van der Waals surface area contributed by atoms with E-state index in [9.17, 15) is 4.79 Å². The van der Waals surface area contributed by atoms with Crippen LogP contribution < -0.4 is 4.90 Å². The smallest absolute Gasteiger partial charge is 0.337 e. The lowest BCUT2D eigenvalue weighted by Crippen LogP contribution is -2.31. The van der Waals surface area contributed by atoms with Crippen molar-refractivity contribution in [3.63, 3.8) is 0 Å². The average Bonchev–Trinajstić information content (AvgIpc) is 2.60. The molecular weight excluding hydrogens is 298 g/mol. The zero-order valence-electron chi connectivity index (χ0n) is 12.6. The van der Waals surface area contributed by atoms with Crippen molar-refractivity contribution in [1.82, 2.24) is 9.97 Å². The van der Waals surface area contributed by atoms with Gasteiger partial charge in [0.15, 0.2) is 5.16 Å². The Bertz CT molecular complexity index is 706. The van der Waals surface area contributed by atoms with Crippen LogP contribution in [0.2, 0.25) is 0 Å². The Morgan fingerprint density at radius 3 is 3.05 bits per heavy atom. The van der Waals surface area contributed by atoms with E-state index in [0.29, 0.717) is 5.56 Å². The van der Waals surface area contributed by atoms with E-state index in [1.807, 2.05) is 30.7 Å². The highest BCUT2D eigenvalue weighted by Crippen LogP contribution is 2.25. The molecule has 0 bridgehead atoms. The molecule has 5 nitrogen and oxygen atoms in total. The fourth-order valence-corrected chi connectivity index (χ4v) is 2.92. The number of carbonyl (C=O) groups excluding carboxylic acids is 1. The highest BCUT2D eigenvalue weighted by Gasteiger charge is 2.19. The molecule has 2 heterocycles. The molecule has 0 saturated heterocycles. The molecule has 0 aliphatic carbocycles. The molecule has 114 valence electrons. The van der Waals surface area contributed by atoms with Gasteiger partial charge in [0.1, 0.15) is 0 Å². The van der Waals surface area contributed by atoms with E-state index < -0.39 is 0 Å². The number of carbonyl (C=O) groups is 1. The van der Waals surface area contributed by atoms with Gasteiger partial charge >= 0.3 is 5.97 Å². The molecule has 0 saturated carbocycles. The van der Waals surface area contributed by atoms with Crippen LogP contribution in [0.4, 0.5) is 5.69 Å². The zero-order chi connectivity index (χ0) is 15.5. The lowest BCUT2D eigenvalue weighted by molar-refractivity contribution is 0.0601. The lowest BCUT2D eigenvalue weighted by Gasteiger charge is -2.30. The maximum absolute atomic E-state index is 11.7. The maximum Gasteiger partial charge on any atom is 0.337 e. The first kappa shape index (κ1) is 14.8. The molecule has 0 unspecified atom stereocenters. The number of ether oxygens (including phenoxy) is 1. The number of nitrogens with zero attached hydrogens (tertiary/aromatic N) is 3. The van der Waals surface area contributed by atoms with Crippen molar-refractivity contribution < 1.29 is 9.53 Å². The van der Waals surface area contributed by atoms with Crippen molar-refractivity contribution in [1.29, 1.82) is 0 Å². The Morgan fingerprint density at radius 1 is 1.41 bits per heavy atom. The van der Waals surface area contributed by atoms with Gasteiger partial charge in [-0.2, -0.15) is 0 Å². The summed E-state index contributed by atoms with van der Waals surface area (Å²) in [5, 5.41) is 0.819. The van der Waals surface area contributed by atoms with Gasteiger partial charge in [-0.15, -0.1) is 0 Å². The molecule has 1 aliphatic heterocycles. The lowest BCUT2D eigenvalue weighted by atomic mass is 10.1. The molecule has 1 aliphatic rings. The number of aromatic nitrogens is 2. The largest absolute Gasteiger partial charge is 0.465 e. The summed E-state index contributed by atoms with van der Waals surface area (Å²) in [6, 6.07) is 7.52. The van der Waals surface area contributed by atoms with E-state index in [1.165, 1.54) is 7.11 Å². The molecule has 2 aromatic rings. The second-order valence-corrected chi connectivity index (χ2v) is 5.82. The van der Waals surface area contributed by atoms with Crippen LogP contribution in [-0.4, -0.2) is 35.8 Å². The van der Waals surface area contributed by atoms with Crippen molar-refractivity contribution in [2.45, 2.75) is 18.1 Å². The van der Waals surface area contributed by atoms with Gasteiger partial charge in [-0.05, 0) is 24.5 Å². The molecule has 3 rings (SSSR count). The number of esters is 1. The minimum absolute atomic E-state index is 0.313. The molecule has 0 amide bonds. The Balaban J connectivity index is 1.84. The van der Waals surface area contributed by atoms with Crippen LogP contribution in [-0.2, 0) is 17.7 Å². The summed E-state index contributed by atoms with van der Waals surface area (Å²) in [6.45, 7) is 1.64. The molecule has 0 N–H and O–H groups in total. The van der Waals surface area contributed by atoms with Crippen molar-refractivity contribution >= 4 is 23.4 Å². The summed E-state index contributed by atoms with van der Waals surface area (Å²) in [6.07, 6.45) is 4.77. The fourth-order valence-electron chi connectivity index (χ4n) is 2.56. The number of fused-ring (bicyclic) bond motifs is 1. The second-order valence-electron chi connectivity index (χ2n) is 5.04. The SMILES string of the molecule is COC(=O)c1cccc(N2CCc3nc(SC)ncc3C2)c1. The van der Waals surface area contributed by atoms with Crippen LogP contribution in [0.1, 0.15) is 21.6 Å². The van der Waals surface area contributed by atoms with Crippen molar-refractivity contribution in [3.8, 4) is 0 Å². The topological polar surface area (TPSA) is 55.3 Å². The van der Waals surface area contributed by atoms with Gasteiger partial charge in [-0.1, -0.05) is 17.8 Å². The van der Waals surface area contributed by atoms with E-state index in [2.05, 4.69) is 14.9 Å². The standard InChI is InChI=1S/C16H17N3O2S/c1-21-15(20)11-4-3-5-13(8-11)19-7-6-14-12(10-19)9-17-16(18-14)22-2/h3-5,8-9H,6-7,10H2,1-2H3. The summed E-state index contributed by atoms with van der Waals surface area (Å²) in [4.78, 5) is 22.8. The fraction of sp³-hybridized carbons (Fsp3) is 0.312. The monoisotopic (exact) mass is 315 g/mol. The summed E-state index contributed by atoms with van der Waals surface area (Å²) in [5.41, 5.74) is 3.86. The number of thioether (sulfide) groups is 1. The first-order valence-electron chi connectivity index (χ1n) is 7.03. The quantitative estimate of drug-likeness (QED) is 0.493. The van der Waals surface area contributed by atoms with Crippen LogP contribution in [0, 0.1) is 0 Å². The summed E-state index contributed by atoms with van der Waals surface area (Å²) < 4.78 is 4.78. The summed E-state index contributed by atoms with van der Waals surface area (Å²) in [7, 11) is 1.40. The second kappa shape index (κ2) is 6.36. The van der Waals surface area contributed by atoms with Gasteiger partial charge in [0, 0.05) is 37.0 Å². The molecule has 0 fully saturated rings. The van der Waals surface area contributed by atoms with Gasteiger partial charge in [-0.25, -0.2) is 14.8 Å². The van der Waals surface area contributed by atoms with Crippen LogP contribution in [0.15, 0.2) is 35.6 Å². The molecular formula is C16H17N3O2S. The molecule has 1 aromatic carbocycles. The molecule has 0 atom stereocenters. The van der Waals surface area contributed by atoms with Gasteiger partial charge in [0.25, 0.3) is 0 Å². The van der Waals surface area contributed by atoms with Gasteiger partial charge < -0.3 is 9.64 Å². The molecule has 0 spiro atoms. The number of benzene rings is 1. The minimum atomic E-state index is -0.313. The van der Waals surface area contributed by atoms with Crippen molar-refractivity contribution in [2.24, 2.45) is 0 Å². The van der Waals surface area contributed by atoms with Crippen LogP contribution >= 0.6 is 11.8 Å². The van der Waals surface area contributed by atoms with E-state index in [4.69, 9.17) is 4.74 Å². The average molecular weight is 315 g/mol. The normalized spacial score (nSPS) is 13.6. The maximum atomic E-state index is 11.7. The van der Waals surface area contributed by atoms with Crippen LogP contribution in [0.5, 0.6) is 0 Å². The third-order valence-electron chi connectivity index (χ3n) is 3.73. The molecule has 0 radical (unpaired) electrons. The summed E-state index contributed by atoms with van der Waals surface area (Å²) in [5.74, 6) is -0.313. The van der Waals surface area contributed by atoms with Gasteiger partial charge in [0.2, 0.25) is 0 Å². The van der Waals surface area contributed by atoms with E-state index in [0.717, 1.165) is 41.6 Å². The number of rotatable bonds is 3. The third-order valence-corrected chi connectivity index (χ3v) is 4.29. The Kier molecular flexibility index (Phi) is 4.29. The number of methoxy groups -OCH3 is 1. The summed E-state index contributed by atoms with van der Waals surface area (Å²) >= 11 is 1.56. The van der Waals surface area contributed by atoms with Crippen molar-refractivity contribution in [3.05, 3.63) is 47.3 Å². The number of hydrogen-bond donors (Lipinski definition) is 0. The third kappa shape index (κ3) is 2.92.